The number of amides is 1. The molecule has 2 heterocycles. The van der Waals surface area contributed by atoms with Gasteiger partial charge in [0.2, 0.25) is 11.8 Å². The van der Waals surface area contributed by atoms with E-state index in [1.165, 1.54) is 0 Å². The van der Waals surface area contributed by atoms with Crippen LogP contribution in [-0.2, 0) is 27.5 Å². The smallest absolute Gasteiger partial charge is 0.290 e. The van der Waals surface area contributed by atoms with E-state index in [1.807, 2.05) is 14.0 Å². The molecule has 10 heteroatoms. The van der Waals surface area contributed by atoms with Gasteiger partial charge in [-0.3, -0.25) is 9.59 Å². The Hall–Kier alpha value is -2.04. The highest BCUT2D eigenvalue weighted by molar-refractivity contribution is 5.79. The highest BCUT2D eigenvalue weighted by Gasteiger charge is 2.34. The molecule has 1 aliphatic rings. The number of nitrogens with zero attached hydrogens (tertiary/aromatic N) is 4. The van der Waals surface area contributed by atoms with Crippen molar-refractivity contribution < 1.29 is 29.1 Å². The summed E-state index contributed by atoms with van der Waals surface area (Å²) >= 11 is 0. The van der Waals surface area contributed by atoms with Crippen molar-refractivity contribution in [2.75, 3.05) is 33.8 Å². The van der Waals surface area contributed by atoms with Gasteiger partial charge >= 0.3 is 0 Å². The van der Waals surface area contributed by atoms with Crippen molar-refractivity contribution >= 4 is 12.4 Å². The standard InChI is InChI=1S/C14H24N4O4.CH2O2/c1-4-18(8-13-15-12(9-21-3)16-22-13)14(20)10-7-17(2)6-5-11(10)19;2-1-3/h10-11,19H,4-9H2,1-3H3;1H,(H,2,3)/t10-,11+;/m1./s1. The van der Waals surface area contributed by atoms with Crippen LogP contribution in [0, 0.1) is 5.92 Å². The largest absolute Gasteiger partial charge is 0.483 e. The number of rotatable bonds is 6. The number of hydrogen-bond donors (Lipinski definition) is 2. The zero-order valence-electron chi connectivity index (χ0n) is 14.8. The molecule has 1 aromatic rings. The lowest BCUT2D eigenvalue weighted by Gasteiger charge is -2.35. The van der Waals surface area contributed by atoms with Gasteiger partial charge in [0.05, 0.1) is 18.6 Å². The lowest BCUT2D eigenvalue weighted by Crippen LogP contribution is -2.49. The van der Waals surface area contributed by atoms with Crippen molar-refractivity contribution in [3.05, 3.63) is 11.7 Å². The summed E-state index contributed by atoms with van der Waals surface area (Å²) < 4.78 is 10.1. The molecule has 2 rings (SSSR count). The highest BCUT2D eigenvalue weighted by Crippen LogP contribution is 2.19. The Bertz CT molecular complexity index is 538. The molecule has 1 aliphatic heterocycles. The van der Waals surface area contributed by atoms with Gasteiger partial charge in [0, 0.05) is 26.7 Å². The topological polar surface area (TPSA) is 129 Å². The van der Waals surface area contributed by atoms with Crippen LogP contribution in [0.5, 0.6) is 0 Å². The van der Waals surface area contributed by atoms with E-state index in [1.54, 1.807) is 12.0 Å². The zero-order valence-corrected chi connectivity index (χ0v) is 14.8. The molecule has 2 atom stereocenters. The minimum atomic E-state index is -0.593. The van der Waals surface area contributed by atoms with E-state index in [2.05, 4.69) is 15.0 Å². The number of aliphatic hydroxyl groups is 1. The van der Waals surface area contributed by atoms with Crippen molar-refractivity contribution in [1.29, 1.82) is 0 Å². The second-order valence-corrected chi connectivity index (χ2v) is 5.72. The highest BCUT2D eigenvalue weighted by atomic mass is 16.5. The SMILES string of the molecule is CCN(Cc1nc(COC)no1)C(=O)[C@@H]1CN(C)CC[C@@H]1O.O=CO. The van der Waals surface area contributed by atoms with Crippen LogP contribution < -0.4 is 0 Å². The van der Waals surface area contributed by atoms with Gasteiger partial charge in [0.25, 0.3) is 6.47 Å². The van der Waals surface area contributed by atoms with E-state index in [9.17, 15) is 9.90 Å². The maximum atomic E-state index is 12.6. The van der Waals surface area contributed by atoms with Gasteiger partial charge in [-0.05, 0) is 20.4 Å². The number of ether oxygens (including phenoxy) is 1. The van der Waals surface area contributed by atoms with Crippen LogP contribution in [-0.4, -0.2) is 82.4 Å². The zero-order chi connectivity index (χ0) is 18.8. The number of carbonyl (C=O) groups excluding carboxylic acids is 1. The predicted molar refractivity (Wildman–Crippen MR) is 86.4 cm³/mol. The molecule has 142 valence electrons. The minimum Gasteiger partial charge on any atom is -0.483 e. The Labute approximate surface area is 146 Å². The van der Waals surface area contributed by atoms with E-state index in [-0.39, 0.29) is 25.5 Å². The van der Waals surface area contributed by atoms with Gasteiger partial charge in [0.15, 0.2) is 5.82 Å². The number of aromatic nitrogens is 2. The quantitative estimate of drug-likeness (QED) is 0.651. The molecule has 2 N–H and O–H groups in total. The fourth-order valence-electron chi connectivity index (χ4n) is 2.63. The summed E-state index contributed by atoms with van der Waals surface area (Å²) in [6.07, 6.45) is 0.0210. The fourth-order valence-corrected chi connectivity index (χ4v) is 2.63. The predicted octanol–water partition coefficient (Wildman–Crippen LogP) is -0.422. The van der Waals surface area contributed by atoms with Gasteiger partial charge in [-0.1, -0.05) is 5.16 Å². The lowest BCUT2D eigenvalue weighted by atomic mass is 9.93. The van der Waals surface area contributed by atoms with E-state index in [4.69, 9.17) is 19.2 Å². The maximum absolute atomic E-state index is 12.6. The van der Waals surface area contributed by atoms with Crippen molar-refractivity contribution in [1.82, 2.24) is 19.9 Å². The molecule has 1 amide bonds. The summed E-state index contributed by atoms with van der Waals surface area (Å²) in [4.78, 5) is 28.9. The molecular formula is C15H26N4O6. The first kappa shape index (κ1) is 21.0. The molecule has 1 saturated heterocycles. The molecule has 0 saturated carbocycles. The fraction of sp³-hybridized carbons (Fsp3) is 0.733. The third kappa shape index (κ3) is 6.40. The maximum Gasteiger partial charge on any atom is 0.290 e. The Morgan fingerprint density at radius 3 is 2.84 bits per heavy atom. The molecule has 0 aliphatic carbocycles. The van der Waals surface area contributed by atoms with Gasteiger partial charge in [-0.25, -0.2) is 0 Å². The average Bonchev–Trinajstić information content (AvgIpc) is 3.02. The molecular weight excluding hydrogens is 332 g/mol. The molecule has 1 fully saturated rings. The number of carbonyl (C=O) groups is 2. The number of aliphatic hydroxyl groups excluding tert-OH is 1. The van der Waals surface area contributed by atoms with Crippen LogP contribution in [0.15, 0.2) is 4.52 Å². The van der Waals surface area contributed by atoms with Crippen molar-refractivity contribution in [2.45, 2.75) is 32.6 Å². The second-order valence-electron chi connectivity index (χ2n) is 5.72. The summed E-state index contributed by atoms with van der Waals surface area (Å²) in [6.45, 7) is 4.06. The minimum absolute atomic E-state index is 0.0759. The van der Waals surface area contributed by atoms with Crippen LogP contribution in [0.3, 0.4) is 0 Å². The van der Waals surface area contributed by atoms with E-state index < -0.39 is 12.0 Å². The van der Waals surface area contributed by atoms with E-state index in [0.717, 1.165) is 6.54 Å². The third-order valence-electron chi connectivity index (χ3n) is 3.90. The Kier molecular flexibility index (Phi) is 9.03. The van der Waals surface area contributed by atoms with Crippen molar-refractivity contribution in [2.24, 2.45) is 5.92 Å². The molecule has 10 nitrogen and oxygen atoms in total. The average molecular weight is 358 g/mol. The van der Waals surface area contributed by atoms with Crippen LogP contribution in [0.2, 0.25) is 0 Å². The lowest BCUT2D eigenvalue weighted by molar-refractivity contribution is -0.143. The summed E-state index contributed by atoms with van der Waals surface area (Å²) in [7, 11) is 3.51. The van der Waals surface area contributed by atoms with Crippen LogP contribution in [0.1, 0.15) is 25.1 Å². The molecule has 1 aromatic heterocycles. The molecule has 0 spiro atoms. The number of methoxy groups -OCH3 is 1. The van der Waals surface area contributed by atoms with Gasteiger partial charge in [-0.15, -0.1) is 0 Å². The first-order valence-electron chi connectivity index (χ1n) is 8.00. The van der Waals surface area contributed by atoms with Gasteiger partial charge in [-0.2, -0.15) is 4.98 Å². The summed E-state index contributed by atoms with van der Waals surface area (Å²) in [5.41, 5.74) is 0. The molecule has 0 aromatic carbocycles. The third-order valence-corrected chi connectivity index (χ3v) is 3.90. The number of likely N-dealkylation sites (tertiary alicyclic amines) is 1. The molecule has 0 radical (unpaired) electrons. The van der Waals surface area contributed by atoms with Crippen molar-refractivity contribution in [3.8, 4) is 0 Å². The van der Waals surface area contributed by atoms with E-state index >= 15 is 0 Å². The normalized spacial score (nSPS) is 20.5. The van der Waals surface area contributed by atoms with Crippen LogP contribution in [0.4, 0.5) is 0 Å². The van der Waals surface area contributed by atoms with Gasteiger partial charge < -0.3 is 29.3 Å². The van der Waals surface area contributed by atoms with Crippen LogP contribution >= 0.6 is 0 Å². The summed E-state index contributed by atoms with van der Waals surface area (Å²) in [5, 5.41) is 20.8. The Morgan fingerprint density at radius 2 is 2.24 bits per heavy atom. The van der Waals surface area contributed by atoms with Crippen LogP contribution in [0.25, 0.3) is 0 Å². The molecule has 0 bridgehead atoms. The first-order chi connectivity index (χ1) is 12.0. The molecule has 25 heavy (non-hydrogen) atoms. The summed E-state index contributed by atoms with van der Waals surface area (Å²) in [6, 6.07) is 0. The number of carboxylic acid groups (broad SMARTS) is 1. The first-order valence-corrected chi connectivity index (χ1v) is 8.00. The second kappa shape index (κ2) is 10.7. The monoisotopic (exact) mass is 358 g/mol. The number of piperidine rings is 1. The Morgan fingerprint density at radius 1 is 1.56 bits per heavy atom. The molecule has 0 unspecified atom stereocenters. The number of hydrogen-bond acceptors (Lipinski definition) is 8. The Balaban J connectivity index is 0.000000970. The van der Waals surface area contributed by atoms with Crippen molar-refractivity contribution in [3.63, 3.8) is 0 Å². The summed E-state index contributed by atoms with van der Waals surface area (Å²) in [5.74, 6) is 0.354. The van der Waals surface area contributed by atoms with Gasteiger partial charge in [0.1, 0.15) is 6.61 Å². The van der Waals surface area contributed by atoms with E-state index in [0.29, 0.717) is 31.2 Å².